The van der Waals surface area contributed by atoms with Gasteiger partial charge in [-0.3, -0.25) is 0 Å². The molecule has 2 heterocycles. The molecule has 1 saturated heterocycles. The van der Waals surface area contributed by atoms with E-state index in [1.807, 2.05) is 4.90 Å². The number of nitrogens with two attached hydrogens (primary N) is 1. The Morgan fingerprint density at radius 1 is 1.42 bits per heavy atom. The normalized spacial score (nSPS) is 18.2. The van der Waals surface area contributed by atoms with Gasteiger partial charge in [-0.05, 0) is 24.4 Å². The van der Waals surface area contributed by atoms with Crippen molar-refractivity contribution >= 4 is 32.4 Å². The third-order valence-electron chi connectivity index (χ3n) is 3.15. The van der Waals surface area contributed by atoms with Crippen LogP contribution in [0.1, 0.15) is 12.8 Å². The number of hydrogen-bond donors (Lipinski definition) is 2. The van der Waals surface area contributed by atoms with Crippen LogP contribution in [0.3, 0.4) is 0 Å². The van der Waals surface area contributed by atoms with Crippen molar-refractivity contribution in [1.29, 1.82) is 0 Å². The zero-order valence-electron chi connectivity index (χ0n) is 10.9. The van der Waals surface area contributed by atoms with Gasteiger partial charge in [-0.25, -0.2) is 12.7 Å². The lowest BCUT2D eigenvalue weighted by atomic mass is 10.1. The average molecular weight is 306 g/mol. The molecule has 1 aromatic heterocycles. The lowest BCUT2D eigenvalue weighted by Crippen LogP contribution is -2.36. The molecule has 0 atom stereocenters. The molecule has 0 amide bonds. The molecular weight excluding hydrogens is 288 g/mol. The van der Waals surface area contributed by atoms with Crippen LogP contribution in [0, 0.1) is 0 Å². The zero-order valence-corrected chi connectivity index (χ0v) is 12.5. The number of sulfonamides is 1. The fourth-order valence-electron chi connectivity index (χ4n) is 1.98. The van der Waals surface area contributed by atoms with Gasteiger partial charge in [0.15, 0.2) is 10.7 Å². The van der Waals surface area contributed by atoms with E-state index in [0.717, 1.165) is 15.8 Å². The first-order valence-corrected chi connectivity index (χ1v) is 8.16. The van der Waals surface area contributed by atoms with Crippen molar-refractivity contribution in [3.05, 3.63) is 0 Å². The summed E-state index contributed by atoms with van der Waals surface area (Å²) in [5.74, 6) is 0.0415. The maximum Gasteiger partial charge on any atom is 0.249 e. The number of piperidine rings is 1. The summed E-state index contributed by atoms with van der Waals surface area (Å²) in [6.07, 6.45) is 0.939. The molecule has 9 heteroatoms. The fourth-order valence-corrected chi connectivity index (χ4v) is 4.25. The largest absolute Gasteiger partial charge is 0.393 e. The highest BCUT2D eigenvalue weighted by molar-refractivity contribution is 7.89. The lowest BCUT2D eigenvalue weighted by Gasteiger charge is -2.30. The summed E-state index contributed by atoms with van der Waals surface area (Å²) in [5.41, 5.74) is 5.72. The van der Waals surface area contributed by atoms with Crippen molar-refractivity contribution in [2.75, 3.05) is 37.8 Å². The minimum atomic E-state index is -3.61. The fraction of sp³-hybridized carbons (Fsp3) is 0.700. The van der Waals surface area contributed by atoms with E-state index in [-0.39, 0.29) is 16.8 Å². The van der Waals surface area contributed by atoms with Crippen LogP contribution in [0.25, 0.3) is 0 Å². The van der Waals surface area contributed by atoms with Gasteiger partial charge >= 0.3 is 0 Å². The number of aliphatic hydroxyl groups excluding tert-OH is 1. The van der Waals surface area contributed by atoms with E-state index >= 15 is 0 Å². The first kappa shape index (κ1) is 14.5. The van der Waals surface area contributed by atoms with E-state index in [9.17, 15) is 13.5 Å². The monoisotopic (exact) mass is 306 g/mol. The van der Waals surface area contributed by atoms with Gasteiger partial charge in [0.1, 0.15) is 5.00 Å². The van der Waals surface area contributed by atoms with Gasteiger partial charge in [0.2, 0.25) is 10.0 Å². The van der Waals surface area contributed by atoms with E-state index in [2.05, 4.69) is 4.37 Å². The molecule has 0 aliphatic carbocycles. The Balaban J connectivity index is 2.38. The van der Waals surface area contributed by atoms with Crippen molar-refractivity contribution in [2.45, 2.75) is 23.8 Å². The highest BCUT2D eigenvalue weighted by Crippen LogP contribution is 2.37. The zero-order chi connectivity index (χ0) is 14.2. The second-order valence-corrected chi connectivity index (χ2v) is 7.55. The predicted octanol–water partition coefficient (Wildman–Crippen LogP) is -0.0633. The van der Waals surface area contributed by atoms with Gasteiger partial charge in [0.25, 0.3) is 0 Å². The molecule has 7 nitrogen and oxygen atoms in total. The lowest BCUT2D eigenvalue weighted by molar-refractivity contribution is 0.145. The molecule has 0 bridgehead atoms. The molecule has 1 fully saturated rings. The molecule has 108 valence electrons. The molecule has 0 radical (unpaired) electrons. The Bertz CT molecular complexity index is 547. The second kappa shape index (κ2) is 5.23. The Labute approximate surface area is 116 Å². The van der Waals surface area contributed by atoms with E-state index in [4.69, 9.17) is 5.73 Å². The number of hydrogen-bond acceptors (Lipinski definition) is 7. The molecule has 1 aliphatic rings. The van der Waals surface area contributed by atoms with Gasteiger partial charge < -0.3 is 15.7 Å². The van der Waals surface area contributed by atoms with Gasteiger partial charge in [0, 0.05) is 27.2 Å². The molecular formula is C10H18N4O3S2. The summed E-state index contributed by atoms with van der Waals surface area (Å²) in [4.78, 5) is 2.01. The van der Waals surface area contributed by atoms with Gasteiger partial charge in [-0.1, -0.05) is 0 Å². The van der Waals surface area contributed by atoms with Crippen molar-refractivity contribution in [3.8, 4) is 0 Å². The van der Waals surface area contributed by atoms with Crippen molar-refractivity contribution in [3.63, 3.8) is 0 Å². The van der Waals surface area contributed by atoms with Crippen LogP contribution in [-0.2, 0) is 10.0 Å². The highest BCUT2D eigenvalue weighted by atomic mass is 32.2. The smallest absolute Gasteiger partial charge is 0.249 e. The first-order chi connectivity index (χ1) is 8.84. The number of nitrogens with zero attached hydrogens (tertiary/aromatic N) is 3. The summed E-state index contributed by atoms with van der Waals surface area (Å²) < 4.78 is 29.7. The summed E-state index contributed by atoms with van der Waals surface area (Å²) in [5, 5.41) is 10.1. The van der Waals surface area contributed by atoms with Gasteiger partial charge in [0.05, 0.1) is 6.10 Å². The maximum atomic E-state index is 12.3. The second-order valence-electron chi connectivity index (χ2n) is 4.71. The van der Waals surface area contributed by atoms with Crippen LogP contribution in [0.5, 0.6) is 0 Å². The summed E-state index contributed by atoms with van der Waals surface area (Å²) in [7, 11) is -0.669. The van der Waals surface area contributed by atoms with Crippen LogP contribution < -0.4 is 10.6 Å². The van der Waals surface area contributed by atoms with E-state index in [1.54, 1.807) is 0 Å². The standard InChI is InChI=1S/C10H18N4O3S2/c1-13(2)19(16,17)8-9(11)12-18-10(8)14-5-3-7(15)4-6-14/h7,15H,3-6H2,1-2H3,(H2,11,12). The molecule has 3 N–H and O–H groups in total. The molecule has 19 heavy (non-hydrogen) atoms. The highest BCUT2D eigenvalue weighted by Gasteiger charge is 2.31. The maximum absolute atomic E-state index is 12.3. The average Bonchev–Trinajstić information content (AvgIpc) is 2.72. The topological polar surface area (TPSA) is 99.8 Å². The SMILES string of the molecule is CN(C)S(=O)(=O)c1c(N)nsc1N1CCC(O)CC1. The van der Waals surface area contributed by atoms with Crippen LogP contribution in [0.4, 0.5) is 10.8 Å². The summed E-state index contributed by atoms with van der Waals surface area (Å²) in [6.45, 7) is 1.22. The Morgan fingerprint density at radius 2 is 2.00 bits per heavy atom. The van der Waals surface area contributed by atoms with Crippen LogP contribution in [-0.4, -0.2) is 55.5 Å². The van der Waals surface area contributed by atoms with E-state index in [0.29, 0.717) is 30.9 Å². The van der Waals surface area contributed by atoms with Crippen molar-refractivity contribution < 1.29 is 13.5 Å². The number of aromatic nitrogens is 1. The molecule has 1 aromatic rings. The number of rotatable bonds is 3. The summed E-state index contributed by atoms with van der Waals surface area (Å²) in [6, 6.07) is 0. The van der Waals surface area contributed by atoms with Gasteiger partial charge in [-0.2, -0.15) is 4.37 Å². The third-order valence-corrected chi connectivity index (χ3v) is 6.08. The molecule has 1 aliphatic heterocycles. The molecule has 0 saturated carbocycles. The van der Waals surface area contributed by atoms with Crippen LogP contribution in [0.15, 0.2) is 4.90 Å². The number of aliphatic hydroxyl groups is 1. The van der Waals surface area contributed by atoms with Crippen molar-refractivity contribution in [2.24, 2.45) is 0 Å². The minimum absolute atomic E-state index is 0.0415. The first-order valence-electron chi connectivity index (χ1n) is 5.94. The number of anilines is 2. The van der Waals surface area contributed by atoms with Crippen molar-refractivity contribution in [1.82, 2.24) is 8.68 Å². The Morgan fingerprint density at radius 3 is 2.53 bits per heavy atom. The molecule has 0 spiro atoms. The van der Waals surface area contributed by atoms with Crippen LogP contribution in [0.2, 0.25) is 0 Å². The minimum Gasteiger partial charge on any atom is -0.393 e. The number of nitrogen functional groups attached to an aromatic ring is 1. The van der Waals surface area contributed by atoms with Gasteiger partial charge in [-0.15, -0.1) is 0 Å². The van der Waals surface area contributed by atoms with Crippen LogP contribution >= 0.6 is 11.5 Å². The summed E-state index contributed by atoms with van der Waals surface area (Å²) >= 11 is 1.09. The molecule has 0 aromatic carbocycles. The predicted molar refractivity (Wildman–Crippen MR) is 74.9 cm³/mol. The quantitative estimate of drug-likeness (QED) is 0.811. The molecule has 2 rings (SSSR count). The molecule has 0 unspecified atom stereocenters. The van der Waals surface area contributed by atoms with E-state index < -0.39 is 10.0 Å². The third kappa shape index (κ3) is 2.69. The van der Waals surface area contributed by atoms with E-state index in [1.165, 1.54) is 14.1 Å². The Hall–Kier alpha value is -0.900. The Kier molecular flexibility index (Phi) is 4.00.